The molecule has 1 unspecified atom stereocenters. The summed E-state index contributed by atoms with van der Waals surface area (Å²) >= 11 is 11.9. The number of hydrogen-bond donors (Lipinski definition) is 1. The molecule has 3 aromatic rings. The van der Waals surface area contributed by atoms with Crippen LogP contribution >= 0.6 is 23.2 Å². The molecule has 0 aliphatic heterocycles. The molecule has 3 nitrogen and oxygen atoms in total. The molecule has 0 radical (unpaired) electrons. The molecule has 106 valence electrons. The van der Waals surface area contributed by atoms with Crippen molar-refractivity contribution in [3.8, 4) is 0 Å². The Kier molecular flexibility index (Phi) is 4.06. The molecule has 1 aromatic heterocycles. The average Bonchev–Trinajstić information content (AvgIpc) is 2.50. The SMILES string of the molecule is OC(Cc1ccc(Cl)c(Cl)c1)c1ccc2nccnc2c1. The summed E-state index contributed by atoms with van der Waals surface area (Å²) in [4.78, 5) is 8.46. The molecule has 0 spiro atoms. The van der Waals surface area contributed by atoms with Crippen LogP contribution in [0.1, 0.15) is 17.2 Å². The lowest BCUT2D eigenvalue weighted by atomic mass is 10.0. The maximum absolute atomic E-state index is 10.4. The van der Waals surface area contributed by atoms with Crippen LogP contribution in [0.5, 0.6) is 0 Å². The van der Waals surface area contributed by atoms with Crippen LogP contribution in [0.4, 0.5) is 0 Å². The molecule has 0 amide bonds. The number of aromatic nitrogens is 2. The highest BCUT2D eigenvalue weighted by Crippen LogP contribution is 2.26. The van der Waals surface area contributed by atoms with Gasteiger partial charge in [0.05, 0.1) is 27.2 Å². The summed E-state index contributed by atoms with van der Waals surface area (Å²) in [5.41, 5.74) is 3.30. The second-order valence-electron chi connectivity index (χ2n) is 4.77. The minimum absolute atomic E-state index is 0.461. The van der Waals surface area contributed by atoms with Gasteiger partial charge in [0.1, 0.15) is 0 Å². The highest BCUT2D eigenvalue weighted by Gasteiger charge is 2.11. The van der Waals surface area contributed by atoms with E-state index >= 15 is 0 Å². The van der Waals surface area contributed by atoms with E-state index in [1.165, 1.54) is 0 Å². The van der Waals surface area contributed by atoms with Gasteiger partial charge in [-0.25, -0.2) is 0 Å². The minimum atomic E-state index is -0.631. The van der Waals surface area contributed by atoms with Gasteiger partial charge in [-0.15, -0.1) is 0 Å². The standard InChI is InChI=1S/C16H12Cl2N2O/c17-12-3-1-10(7-13(12)18)8-16(21)11-2-4-14-15(9-11)20-6-5-19-14/h1-7,9,16,21H,8H2. The number of aliphatic hydroxyl groups is 1. The van der Waals surface area contributed by atoms with Gasteiger partial charge in [-0.2, -0.15) is 0 Å². The second kappa shape index (κ2) is 5.98. The fourth-order valence-corrected chi connectivity index (χ4v) is 2.52. The molecule has 1 N–H and O–H groups in total. The van der Waals surface area contributed by atoms with Gasteiger partial charge in [0.25, 0.3) is 0 Å². The largest absolute Gasteiger partial charge is 0.388 e. The average molecular weight is 319 g/mol. The van der Waals surface area contributed by atoms with Crippen LogP contribution in [-0.4, -0.2) is 15.1 Å². The number of hydrogen-bond acceptors (Lipinski definition) is 3. The molecule has 1 heterocycles. The summed E-state index contributed by atoms with van der Waals surface area (Å²) in [7, 11) is 0. The Morgan fingerprint density at radius 3 is 2.43 bits per heavy atom. The van der Waals surface area contributed by atoms with Crippen LogP contribution in [0.3, 0.4) is 0 Å². The summed E-state index contributed by atoms with van der Waals surface area (Å²) in [6.45, 7) is 0. The quantitative estimate of drug-likeness (QED) is 0.786. The Balaban J connectivity index is 1.85. The Morgan fingerprint density at radius 2 is 1.67 bits per heavy atom. The fraction of sp³-hybridized carbons (Fsp3) is 0.125. The highest BCUT2D eigenvalue weighted by molar-refractivity contribution is 6.42. The molecule has 1 atom stereocenters. The van der Waals surface area contributed by atoms with Crippen LogP contribution in [0.2, 0.25) is 10.0 Å². The summed E-state index contributed by atoms with van der Waals surface area (Å²) in [5, 5.41) is 11.4. The Hall–Kier alpha value is -1.68. The lowest BCUT2D eigenvalue weighted by molar-refractivity contribution is 0.178. The molecule has 0 saturated heterocycles. The number of aliphatic hydroxyl groups excluding tert-OH is 1. The monoisotopic (exact) mass is 318 g/mol. The minimum Gasteiger partial charge on any atom is -0.388 e. The van der Waals surface area contributed by atoms with Crippen molar-refractivity contribution in [3.63, 3.8) is 0 Å². The number of rotatable bonds is 3. The van der Waals surface area contributed by atoms with Crippen molar-refractivity contribution in [2.24, 2.45) is 0 Å². The lowest BCUT2D eigenvalue weighted by Crippen LogP contribution is -2.02. The Bertz CT molecular complexity index is 792. The molecule has 0 fully saturated rings. The summed E-state index contributed by atoms with van der Waals surface area (Å²) in [6, 6.07) is 10.9. The van der Waals surface area contributed by atoms with Crippen molar-refractivity contribution >= 4 is 34.2 Å². The van der Waals surface area contributed by atoms with E-state index in [0.29, 0.717) is 16.5 Å². The number of nitrogens with zero attached hydrogens (tertiary/aromatic N) is 2. The zero-order chi connectivity index (χ0) is 14.8. The van der Waals surface area contributed by atoms with E-state index in [2.05, 4.69) is 9.97 Å². The third-order valence-corrected chi connectivity index (χ3v) is 4.03. The van der Waals surface area contributed by atoms with E-state index < -0.39 is 6.10 Å². The van der Waals surface area contributed by atoms with E-state index in [0.717, 1.165) is 22.2 Å². The van der Waals surface area contributed by atoms with Gasteiger partial charge >= 0.3 is 0 Å². The first-order valence-electron chi connectivity index (χ1n) is 6.46. The molecule has 0 saturated carbocycles. The molecule has 2 aromatic carbocycles. The summed E-state index contributed by atoms with van der Waals surface area (Å²) < 4.78 is 0. The van der Waals surface area contributed by atoms with Crippen LogP contribution in [0, 0.1) is 0 Å². The summed E-state index contributed by atoms with van der Waals surface area (Å²) in [5.74, 6) is 0. The van der Waals surface area contributed by atoms with E-state index in [-0.39, 0.29) is 0 Å². The third-order valence-electron chi connectivity index (χ3n) is 3.29. The van der Waals surface area contributed by atoms with Gasteiger partial charge in [-0.3, -0.25) is 9.97 Å². The van der Waals surface area contributed by atoms with Crippen LogP contribution < -0.4 is 0 Å². The van der Waals surface area contributed by atoms with E-state index in [4.69, 9.17) is 23.2 Å². The zero-order valence-electron chi connectivity index (χ0n) is 11.0. The molecule has 0 aliphatic carbocycles. The molecule has 5 heteroatoms. The maximum atomic E-state index is 10.4. The molecule has 3 rings (SSSR count). The number of fused-ring (bicyclic) bond motifs is 1. The third kappa shape index (κ3) is 3.16. The van der Waals surface area contributed by atoms with Gasteiger partial charge in [0.2, 0.25) is 0 Å². The highest BCUT2D eigenvalue weighted by atomic mass is 35.5. The van der Waals surface area contributed by atoms with Gasteiger partial charge < -0.3 is 5.11 Å². The van der Waals surface area contributed by atoms with Crippen molar-refractivity contribution < 1.29 is 5.11 Å². The van der Waals surface area contributed by atoms with Gasteiger partial charge in [-0.1, -0.05) is 35.3 Å². The fourth-order valence-electron chi connectivity index (χ4n) is 2.20. The smallest absolute Gasteiger partial charge is 0.0890 e. The molecule has 21 heavy (non-hydrogen) atoms. The van der Waals surface area contributed by atoms with E-state index in [1.54, 1.807) is 24.5 Å². The van der Waals surface area contributed by atoms with Crippen molar-refractivity contribution in [2.75, 3.05) is 0 Å². The van der Waals surface area contributed by atoms with Gasteiger partial charge in [0.15, 0.2) is 0 Å². The van der Waals surface area contributed by atoms with E-state index in [9.17, 15) is 5.11 Å². The molecular weight excluding hydrogens is 307 g/mol. The number of halogens is 2. The maximum Gasteiger partial charge on any atom is 0.0890 e. The Morgan fingerprint density at radius 1 is 0.905 bits per heavy atom. The topological polar surface area (TPSA) is 46.0 Å². The van der Waals surface area contributed by atoms with Crippen LogP contribution in [0.15, 0.2) is 48.8 Å². The molecule has 0 bridgehead atoms. The van der Waals surface area contributed by atoms with E-state index in [1.807, 2.05) is 24.3 Å². The second-order valence-corrected chi connectivity index (χ2v) is 5.59. The first-order chi connectivity index (χ1) is 10.1. The van der Waals surface area contributed by atoms with Crippen LogP contribution in [-0.2, 0) is 6.42 Å². The molecular formula is C16H12Cl2N2O. The Labute approximate surface area is 132 Å². The van der Waals surface area contributed by atoms with Gasteiger partial charge in [-0.05, 0) is 35.4 Å². The molecule has 0 aliphatic rings. The van der Waals surface area contributed by atoms with Crippen molar-refractivity contribution in [2.45, 2.75) is 12.5 Å². The van der Waals surface area contributed by atoms with Crippen molar-refractivity contribution in [1.29, 1.82) is 0 Å². The van der Waals surface area contributed by atoms with Crippen molar-refractivity contribution in [3.05, 3.63) is 70.0 Å². The summed E-state index contributed by atoms with van der Waals surface area (Å²) in [6.07, 6.45) is 3.11. The van der Waals surface area contributed by atoms with Crippen molar-refractivity contribution in [1.82, 2.24) is 9.97 Å². The first kappa shape index (κ1) is 14.3. The first-order valence-corrected chi connectivity index (χ1v) is 7.22. The predicted molar refractivity (Wildman–Crippen MR) is 84.7 cm³/mol. The zero-order valence-corrected chi connectivity index (χ0v) is 12.5. The number of benzene rings is 2. The predicted octanol–water partition coefficient (Wildman–Crippen LogP) is 4.21. The normalized spacial score (nSPS) is 12.5. The van der Waals surface area contributed by atoms with Gasteiger partial charge in [0, 0.05) is 18.8 Å². The lowest BCUT2D eigenvalue weighted by Gasteiger charge is -2.12. The van der Waals surface area contributed by atoms with Crippen LogP contribution in [0.25, 0.3) is 11.0 Å².